The normalized spacial score (nSPS) is 19.4. The molecule has 2 heterocycles. The highest BCUT2D eigenvalue weighted by Gasteiger charge is 2.27. The standard InChI is InChI=1S/C25H32F2N4O/c1-18-13-19(16-31-12-4-5-21(31)17-30-10-2-3-11-30)6-9-24(18)29-25(32)15-28-20-7-8-22(26)23(27)14-20/h6-9,13-14,21,28H,2-5,10-12,15-17H2,1H3,(H,29,32). The largest absolute Gasteiger partial charge is 0.376 e. The molecule has 0 aliphatic carbocycles. The number of likely N-dealkylation sites (tertiary alicyclic amines) is 2. The minimum Gasteiger partial charge on any atom is -0.376 e. The molecule has 7 heteroatoms. The molecule has 1 atom stereocenters. The lowest BCUT2D eigenvalue weighted by Gasteiger charge is -2.28. The first-order valence-electron chi connectivity index (χ1n) is 11.5. The van der Waals surface area contributed by atoms with Crippen molar-refractivity contribution in [2.75, 3.05) is 43.4 Å². The number of hydrogen-bond donors (Lipinski definition) is 2. The van der Waals surface area contributed by atoms with E-state index < -0.39 is 11.6 Å². The summed E-state index contributed by atoms with van der Waals surface area (Å²) in [7, 11) is 0. The van der Waals surface area contributed by atoms with Gasteiger partial charge in [-0.1, -0.05) is 12.1 Å². The van der Waals surface area contributed by atoms with Gasteiger partial charge < -0.3 is 15.5 Å². The van der Waals surface area contributed by atoms with Gasteiger partial charge in [-0.3, -0.25) is 9.69 Å². The lowest BCUT2D eigenvalue weighted by Crippen LogP contribution is -2.38. The molecule has 5 nitrogen and oxygen atoms in total. The summed E-state index contributed by atoms with van der Waals surface area (Å²) in [4.78, 5) is 17.5. The molecule has 2 aliphatic rings. The van der Waals surface area contributed by atoms with E-state index in [4.69, 9.17) is 0 Å². The Balaban J connectivity index is 1.29. The van der Waals surface area contributed by atoms with Gasteiger partial charge in [-0.15, -0.1) is 0 Å². The fraction of sp³-hybridized carbons (Fsp3) is 0.480. The van der Waals surface area contributed by atoms with E-state index in [0.29, 0.717) is 11.7 Å². The van der Waals surface area contributed by atoms with E-state index in [1.54, 1.807) is 0 Å². The van der Waals surface area contributed by atoms with Crippen molar-refractivity contribution in [3.63, 3.8) is 0 Å². The van der Waals surface area contributed by atoms with Crippen LogP contribution < -0.4 is 10.6 Å². The van der Waals surface area contributed by atoms with Gasteiger partial charge in [0, 0.05) is 36.6 Å². The second-order valence-corrected chi connectivity index (χ2v) is 8.95. The highest BCUT2D eigenvalue weighted by molar-refractivity contribution is 5.94. The number of rotatable bonds is 8. The summed E-state index contributed by atoms with van der Waals surface area (Å²) < 4.78 is 26.3. The van der Waals surface area contributed by atoms with Crippen LogP contribution in [-0.4, -0.2) is 54.5 Å². The van der Waals surface area contributed by atoms with E-state index in [1.807, 2.05) is 13.0 Å². The topological polar surface area (TPSA) is 47.6 Å². The Morgan fingerprint density at radius 3 is 2.59 bits per heavy atom. The lowest BCUT2D eigenvalue weighted by molar-refractivity contribution is -0.114. The molecule has 1 amide bonds. The van der Waals surface area contributed by atoms with E-state index >= 15 is 0 Å². The maximum Gasteiger partial charge on any atom is 0.243 e. The molecule has 0 radical (unpaired) electrons. The van der Waals surface area contributed by atoms with Gasteiger partial charge in [-0.25, -0.2) is 8.78 Å². The van der Waals surface area contributed by atoms with E-state index in [1.165, 1.54) is 56.9 Å². The molecule has 2 aromatic rings. The summed E-state index contributed by atoms with van der Waals surface area (Å²) in [5.74, 6) is -2.09. The molecule has 172 valence electrons. The summed E-state index contributed by atoms with van der Waals surface area (Å²) in [5.41, 5.74) is 3.40. The van der Waals surface area contributed by atoms with Crippen molar-refractivity contribution in [1.29, 1.82) is 0 Å². The zero-order valence-corrected chi connectivity index (χ0v) is 18.7. The van der Waals surface area contributed by atoms with Crippen LogP contribution in [0.3, 0.4) is 0 Å². The summed E-state index contributed by atoms with van der Waals surface area (Å²) in [6.45, 7) is 7.70. The number of carbonyl (C=O) groups excluding carboxylic acids is 1. The quantitative estimate of drug-likeness (QED) is 0.637. The van der Waals surface area contributed by atoms with Gasteiger partial charge in [0.25, 0.3) is 0 Å². The molecular formula is C25H32F2N4O. The number of nitrogens with zero attached hydrogens (tertiary/aromatic N) is 2. The smallest absolute Gasteiger partial charge is 0.243 e. The van der Waals surface area contributed by atoms with Crippen molar-refractivity contribution < 1.29 is 13.6 Å². The molecule has 2 aromatic carbocycles. The third-order valence-electron chi connectivity index (χ3n) is 6.49. The fourth-order valence-corrected chi connectivity index (χ4v) is 4.76. The summed E-state index contributed by atoms with van der Waals surface area (Å²) >= 11 is 0. The molecule has 0 aromatic heterocycles. The average molecular weight is 443 g/mol. The highest BCUT2D eigenvalue weighted by Crippen LogP contribution is 2.24. The first kappa shape index (κ1) is 22.7. The fourth-order valence-electron chi connectivity index (χ4n) is 4.76. The number of benzene rings is 2. The molecule has 0 bridgehead atoms. The van der Waals surface area contributed by atoms with E-state index in [9.17, 15) is 13.6 Å². The van der Waals surface area contributed by atoms with Gasteiger partial charge in [0.2, 0.25) is 5.91 Å². The highest BCUT2D eigenvalue weighted by atomic mass is 19.2. The van der Waals surface area contributed by atoms with Crippen molar-refractivity contribution in [2.45, 2.75) is 45.2 Å². The third-order valence-corrected chi connectivity index (χ3v) is 6.49. The summed E-state index contributed by atoms with van der Waals surface area (Å²) in [6, 6.07) is 10.3. The Morgan fingerprint density at radius 1 is 1.03 bits per heavy atom. The predicted molar refractivity (Wildman–Crippen MR) is 124 cm³/mol. The van der Waals surface area contributed by atoms with Gasteiger partial charge >= 0.3 is 0 Å². The van der Waals surface area contributed by atoms with Crippen LogP contribution in [0.4, 0.5) is 20.2 Å². The zero-order valence-electron chi connectivity index (χ0n) is 18.7. The van der Waals surface area contributed by atoms with Gasteiger partial charge in [0.1, 0.15) is 0 Å². The summed E-state index contributed by atoms with van der Waals surface area (Å²) in [6.07, 6.45) is 5.19. The Hall–Kier alpha value is -2.51. The number of amides is 1. The Kier molecular flexibility index (Phi) is 7.37. The number of nitrogens with one attached hydrogen (secondary N) is 2. The molecule has 0 spiro atoms. The average Bonchev–Trinajstić information content (AvgIpc) is 3.44. The van der Waals surface area contributed by atoms with Crippen LogP contribution in [0.1, 0.15) is 36.8 Å². The number of carbonyl (C=O) groups is 1. The maximum atomic E-state index is 13.3. The molecule has 4 rings (SSSR count). The first-order chi connectivity index (χ1) is 15.5. The maximum absolute atomic E-state index is 13.3. The minimum atomic E-state index is -0.942. The van der Waals surface area contributed by atoms with Crippen LogP contribution in [0, 0.1) is 18.6 Å². The van der Waals surface area contributed by atoms with Crippen molar-refractivity contribution in [1.82, 2.24) is 9.80 Å². The van der Waals surface area contributed by atoms with Crippen molar-refractivity contribution >= 4 is 17.3 Å². The van der Waals surface area contributed by atoms with Crippen LogP contribution >= 0.6 is 0 Å². The van der Waals surface area contributed by atoms with Crippen LogP contribution in [-0.2, 0) is 11.3 Å². The first-order valence-corrected chi connectivity index (χ1v) is 11.5. The van der Waals surface area contributed by atoms with Crippen molar-refractivity contribution in [3.8, 4) is 0 Å². The summed E-state index contributed by atoms with van der Waals surface area (Å²) in [5, 5.41) is 5.71. The second-order valence-electron chi connectivity index (χ2n) is 8.95. The van der Waals surface area contributed by atoms with Gasteiger partial charge in [-0.05, 0) is 81.6 Å². The lowest BCUT2D eigenvalue weighted by atomic mass is 10.1. The molecule has 2 saturated heterocycles. The molecular weight excluding hydrogens is 410 g/mol. The molecule has 2 fully saturated rings. The number of hydrogen-bond acceptors (Lipinski definition) is 4. The molecule has 0 saturated carbocycles. The third kappa shape index (κ3) is 5.84. The predicted octanol–water partition coefficient (Wildman–Crippen LogP) is 4.38. The zero-order chi connectivity index (χ0) is 22.5. The van der Waals surface area contributed by atoms with Gasteiger partial charge in [0.15, 0.2) is 11.6 Å². The SMILES string of the molecule is Cc1cc(CN2CCCC2CN2CCCC2)ccc1NC(=O)CNc1ccc(F)c(F)c1. The van der Waals surface area contributed by atoms with Crippen molar-refractivity contribution in [2.24, 2.45) is 0 Å². The van der Waals surface area contributed by atoms with Crippen LogP contribution in [0.5, 0.6) is 0 Å². The minimum absolute atomic E-state index is 0.0295. The molecule has 2 N–H and O–H groups in total. The van der Waals surface area contributed by atoms with Gasteiger partial charge in [0.05, 0.1) is 6.54 Å². The molecule has 2 aliphatic heterocycles. The van der Waals surface area contributed by atoms with E-state index in [-0.39, 0.29) is 12.5 Å². The van der Waals surface area contributed by atoms with Crippen LogP contribution in [0.15, 0.2) is 36.4 Å². The van der Waals surface area contributed by atoms with Crippen molar-refractivity contribution in [3.05, 3.63) is 59.2 Å². The number of halogens is 2. The van der Waals surface area contributed by atoms with E-state index in [0.717, 1.165) is 36.5 Å². The Labute approximate surface area is 188 Å². The number of aryl methyl sites for hydroxylation is 1. The Bertz CT molecular complexity index is 946. The van der Waals surface area contributed by atoms with E-state index in [2.05, 4.69) is 32.6 Å². The molecule has 1 unspecified atom stereocenters. The second kappa shape index (κ2) is 10.4. The van der Waals surface area contributed by atoms with Crippen LogP contribution in [0.25, 0.3) is 0 Å². The molecule has 32 heavy (non-hydrogen) atoms. The number of anilines is 2. The van der Waals surface area contributed by atoms with Crippen LogP contribution in [0.2, 0.25) is 0 Å². The van der Waals surface area contributed by atoms with Gasteiger partial charge in [-0.2, -0.15) is 0 Å². The Morgan fingerprint density at radius 2 is 1.84 bits per heavy atom. The monoisotopic (exact) mass is 442 g/mol.